The van der Waals surface area contributed by atoms with E-state index in [1.54, 1.807) is 0 Å². The Kier molecular flexibility index (Phi) is 3.97. The summed E-state index contributed by atoms with van der Waals surface area (Å²) in [6.45, 7) is 2.24. The van der Waals surface area contributed by atoms with Crippen LogP contribution in [0.2, 0.25) is 0 Å². The summed E-state index contributed by atoms with van der Waals surface area (Å²) in [5, 5.41) is 0. The van der Waals surface area contributed by atoms with Crippen LogP contribution >= 0.6 is 0 Å². The van der Waals surface area contributed by atoms with Crippen molar-refractivity contribution in [1.82, 2.24) is 0 Å². The molecule has 1 aromatic carbocycles. The molecule has 0 bridgehead atoms. The molecule has 0 saturated heterocycles. The molecule has 0 aliphatic heterocycles. The van der Waals surface area contributed by atoms with E-state index in [1.165, 1.54) is 35.4 Å². The van der Waals surface area contributed by atoms with Crippen LogP contribution in [0.1, 0.15) is 25.3 Å². The topological polar surface area (TPSA) is 4.44 Å². The molecule has 0 aromatic heterocycles. The second kappa shape index (κ2) is 5.03. The standard InChI is InChI=1S/C12H19N/c1-4-5-7-11-8-6-9-12(10-11)13(2)3/h6,8-10H,4-5,7H2,1-3H3/p+1. The van der Waals surface area contributed by atoms with Gasteiger partial charge in [-0.2, -0.15) is 0 Å². The molecule has 1 N–H and O–H groups in total. The number of rotatable bonds is 4. The second-order valence-electron chi connectivity index (χ2n) is 3.80. The number of unbranched alkanes of at least 4 members (excludes halogenated alkanes) is 1. The first-order valence-electron chi connectivity index (χ1n) is 5.13. The van der Waals surface area contributed by atoms with Crippen LogP contribution in [-0.4, -0.2) is 14.1 Å². The Bertz CT molecular complexity index is 253. The van der Waals surface area contributed by atoms with Gasteiger partial charge < -0.3 is 4.90 Å². The molecule has 0 heterocycles. The molecule has 0 atom stereocenters. The lowest BCUT2D eigenvalue weighted by molar-refractivity contribution is -0.786. The summed E-state index contributed by atoms with van der Waals surface area (Å²) >= 11 is 0. The number of aryl methyl sites for hydroxylation is 1. The van der Waals surface area contributed by atoms with Crippen molar-refractivity contribution in [2.45, 2.75) is 26.2 Å². The number of hydrogen-bond donors (Lipinski definition) is 1. The van der Waals surface area contributed by atoms with Crippen molar-refractivity contribution in [3.8, 4) is 0 Å². The highest BCUT2D eigenvalue weighted by Gasteiger charge is 2.00. The first-order chi connectivity index (χ1) is 6.24. The molecule has 0 aliphatic carbocycles. The predicted molar refractivity (Wildman–Crippen MR) is 57.5 cm³/mol. The minimum atomic E-state index is 1.22. The summed E-state index contributed by atoms with van der Waals surface area (Å²) in [4.78, 5) is 1.40. The van der Waals surface area contributed by atoms with Crippen molar-refractivity contribution in [2.24, 2.45) is 0 Å². The van der Waals surface area contributed by atoms with Gasteiger partial charge in [0, 0.05) is 6.07 Å². The van der Waals surface area contributed by atoms with Gasteiger partial charge in [-0.15, -0.1) is 0 Å². The Labute approximate surface area is 81.4 Å². The van der Waals surface area contributed by atoms with Gasteiger partial charge in [0.15, 0.2) is 0 Å². The largest absolute Gasteiger partial charge is 0.307 e. The van der Waals surface area contributed by atoms with Crippen LogP contribution in [0.5, 0.6) is 0 Å². The molecule has 1 rings (SSSR count). The van der Waals surface area contributed by atoms with E-state index in [1.807, 2.05) is 0 Å². The van der Waals surface area contributed by atoms with Gasteiger partial charge in [0.25, 0.3) is 0 Å². The van der Waals surface area contributed by atoms with Crippen LogP contribution in [-0.2, 0) is 6.42 Å². The first-order valence-corrected chi connectivity index (χ1v) is 5.13. The average molecular weight is 178 g/mol. The van der Waals surface area contributed by atoms with Crippen LogP contribution < -0.4 is 4.90 Å². The highest BCUT2D eigenvalue weighted by molar-refractivity contribution is 5.33. The predicted octanol–water partition coefficient (Wildman–Crippen LogP) is 1.81. The van der Waals surface area contributed by atoms with Crippen molar-refractivity contribution >= 4 is 5.69 Å². The van der Waals surface area contributed by atoms with Crippen molar-refractivity contribution in [1.29, 1.82) is 0 Å². The Hall–Kier alpha value is -0.820. The van der Waals surface area contributed by atoms with E-state index < -0.39 is 0 Å². The fraction of sp³-hybridized carbons (Fsp3) is 0.500. The Morgan fingerprint density at radius 3 is 2.62 bits per heavy atom. The maximum Gasteiger partial charge on any atom is 0.131 e. The van der Waals surface area contributed by atoms with Gasteiger partial charge in [-0.05, 0) is 24.5 Å². The molecule has 0 fully saturated rings. The second-order valence-corrected chi connectivity index (χ2v) is 3.80. The number of benzene rings is 1. The van der Waals surface area contributed by atoms with E-state index in [9.17, 15) is 0 Å². The molecular formula is C12H20N+. The fourth-order valence-electron chi connectivity index (χ4n) is 1.42. The Balaban J connectivity index is 2.68. The van der Waals surface area contributed by atoms with E-state index in [0.29, 0.717) is 0 Å². The molecule has 1 heteroatoms. The van der Waals surface area contributed by atoms with Gasteiger partial charge in [0.05, 0.1) is 14.1 Å². The minimum absolute atomic E-state index is 1.22. The molecule has 0 spiro atoms. The third-order valence-corrected chi connectivity index (χ3v) is 2.32. The van der Waals surface area contributed by atoms with Crippen LogP contribution in [0.15, 0.2) is 24.3 Å². The molecule has 1 nitrogen and oxygen atoms in total. The third-order valence-electron chi connectivity index (χ3n) is 2.32. The first kappa shape index (κ1) is 10.3. The summed E-state index contributed by atoms with van der Waals surface area (Å²) in [5.41, 5.74) is 2.86. The van der Waals surface area contributed by atoms with Gasteiger partial charge in [0.2, 0.25) is 0 Å². The number of hydrogen-bond acceptors (Lipinski definition) is 0. The smallest absolute Gasteiger partial charge is 0.131 e. The lowest BCUT2D eigenvalue weighted by Crippen LogP contribution is -3.00. The summed E-state index contributed by atoms with van der Waals surface area (Å²) in [5.74, 6) is 0. The van der Waals surface area contributed by atoms with E-state index in [0.717, 1.165) is 0 Å². The summed E-state index contributed by atoms with van der Waals surface area (Å²) in [6.07, 6.45) is 3.79. The molecule has 13 heavy (non-hydrogen) atoms. The zero-order chi connectivity index (χ0) is 9.68. The molecule has 0 aliphatic rings. The van der Waals surface area contributed by atoms with E-state index in [4.69, 9.17) is 0 Å². The maximum atomic E-state index is 2.31. The lowest BCUT2D eigenvalue weighted by atomic mass is 10.1. The van der Waals surface area contributed by atoms with E-state index >= 15 is 0 Å². The van der Waals surface area contributed by atoms with E-state index in [2.05, 4.69) is 45.3 Å². The zero-order valence-corrected chi connectivity index (χ0v) is 8.93. The van der Waals surface area contributed by atoms with Crippen molar-refractivity contribution < 1.29 is 4.90 Å². The molecule has 72 valence electrons. The van der Waals surface area contributed by atoms with Crippen molar-refractivity contribution in [3.63, 3.8) is 0 Å². The quantitative estimate of drug-likeness (QED) is 0.717. The van der Waals surface area contributed by atoms with Crippen LogP contribution in [0.3, 0.4) is 0 Å². The fourth-order valence-corrected chi connectivity index (χ4v) is 1.42. The molecule has 0 radical (unpaired) electrons. The molecule has 0 amide bonds. The van der Waals surface area contributed by atoms with Crippen LogP contribution in [0, 0.1) is 0 Å². The van der Waals surface area contributed by atoms with E-state index in [-0.39, 0.29) is 0 Å². The van der Waals surface area contributed by atoms with Gasteiger partial charge in [-0.3, -0.25) is 0 Å². The van der Waals surface area contributed by atoms with Gasteiger partial charge in [0.1, 0.15) is 5.69 Å². The molecular weight excluding hydrogens is 158 g/mol. The molecule has 0 unspecified atom stereocenters. The summed E-state index contributed by atoms with van der Waals surface area (Å²) in [6, 6.07) is 8.88. The SMILES string of the molecule is CCCCc1cccc([NH+](C)C)c1. The normalized spacial score (nSPS) is 10.8. The monoisotopic (exact) mass is 178 g/mol. The highest BCUT2D eigenvalue weighted by Crippen LogP contribution is 2.09. The number of nitrogens with one attached hydrogen (secondary N) is 1. The van der Waals surface area contributed by atoms with Gasteiger partial charge >= 0.3 is 0 Å². The zero-order valence-electron chi connectivity index (χ0n) is 8.93. The highest BCUT2D eigenvalue weighted by atomic mass is 15.1. The average Bonchev–Trinajstić information content (AvgIpc) is 2.15. The third kappa shape index (κ3) is 3.19. The Morgan fingerprint density at radius 2 is 2.00 bits per heavy atom. The molecule has 1 aromatic rings. The van der Waals surface area contributed by atoms with Crippen LogP contribution in [0.25, 0.3) is 0 Å². The van der Waals surface area contributed by atoms with Gasteiger partial charge in [-0.25, -0.2) is 0 Å². The van der Waals surface area contributed by atoms with Crippen molar-refractivity contribution in [2.75, 3.05) is 14.1 Å². The van der Waals surface area contributed by atoms with Crippen molar-refractivity contribution in [3.05, 3.63) is 29.8 Å². The minimum Gasteiger partial charge on any atom is -0.307 e. The molecule has 0 saturated carbocycles. The Morgan fingerprint density at radius 1 is 1.23 bits per heavy atom. The number of quaternary nitrogens is 1. The van der Waals surface area contributed by atoms with Gasteiger partial charge in [-0.1, -0.05) is 25.5 Å². The van der Waals surface area contributed by atoms with Crippen LogP contribution in [0.4, 0.5) is 5.69 Å². The lowest BCUT2D eigenvalue weighted by Gasteiger charge is -2.07. The summed E-state index contributed by atoms with van der Waals surface area (Å²) < 4.78 is 0. The maximum absolute atomic E-state index is 2.31. The summed E-state index contributed by atoms with van der Waals surface area (Å²) in [7, 11) is 4.33.